The second-order valence-corrected chi connectivity index (χ2v) is 7.19. The lowest BCUT2D eigenvalue weighted by Crippen LogP contribution is -2.50. The molecule has 156 valence electrons. The Morgan fingerprint density at radius 1 is 0.966 bits per heavy atom. The van der Waals surface area contributed by atoms with E-state index >= 15 is 0 Å². The molecule has 1 heterocycles. The first-order chi connectivity index (χ1) is 14.2. The molecule has 1 aliphatic rings. The summed E-state index contributed by atoms with van der Waals surface area (Å²) < 4.78 is 11.1. The zero-order chi connectivity index (χ0) is 20.3. The Balaban J connectivity index is 1.28. The van der Waals surface area contributed by atoms with Crippen LogP contribution in [0.5, 0.6) is 11.5 Å². The normalized spacial score (nSPS) is 15.1. The number of amides is 1. The molecule has 0 unspecified atom stereocenters. The predicted molar refractivity (Wildman–Crippen MR) is 115 cm³/mol. The maximum absolute atomic E-state index is 12.2. The third kappa shape index (κ3) is 7.07. The summed E-state index contributed by atoms with van der Waals surface area (Å²) in [5, 5.41) is 3.02. The van der Waals surface area contributed by atoms with Gasteiger partial charge in [-0.15, -0.1) is 0 Å². The van der Waals surface area contributed by atoms with Crippen molar-refractivity contribution in [3.05, 3.63) is 60.2 Å². The van der Waals surface area contributed by atoms with Gasteiger partial charge in [0, 0.05) is 39.3 Å². The van der Waals surface area contributed by atoms with Crippen LogP contribution in [0.15, 0.2) is 54.6 Å². The summed E-state index contributed by atoms with van der Waals surface area (Å²) in [6, 6.07) is 17.8. The van der Waals surface area contributed by atoms with Crippen LogP contribution in [0.1, 0.15) is 5.56 Å². The van der Waals surface area contributed by atoms with Gasteiger partial charge in [0.15, 0.2) is 0 Å². The van der Waals surface area contributed by atoms with Crippen LogP contribution in [0.2, 0.25) is 0 Å². The number of methoxy groups -OCH3 is 1. The Kier molecular flexibility index (Phi) is 8.34. The highest BCUT2D eigenvalue weighted by Crippen LogP contribution is 2.17. The zero-order valence-electron chi connectivity index (χ0n) is 17.2. The molecule has 0 bridgehead atoms. The van der Waals surface area contributed by atoms with Crippen LogP contribution in [0.3, 0.4) is 0 Å². The van der Waals surface area contributed by atoms with Crippen molar-refractivity contribution in [3.63, 3.8) is 0 Å². The Bertz CT molecular complexity index is 746. The molecular weight excluding hydrogens is 366 g/mol. The number of benzene rings is 2. The van der Waals surface area contributed by atoms with E-state index in [0.717, 1.165) is 56.2 Å². The molecule has 1 N–H and O–H groups in total. The molecule has 0 atom stereocenters. The molecule has 6 heteroatoms. The van der Waals surface area contributed by atoms with Crippen molar-refractivity contribution in [2.75, 3.05) is 59.5 Å². The van der Waals surface area contributed by atoms with Crippen LogP contribution >= 0.6 is 0 Å². The standard InChI is InChI=1S/C23H31N3O3/c1-28-22-10-6-5-7-20(22)11-12-24-23(27)19-26-15-13-25(14-16-26)17-18-29-21-8-3-2-4-9-21/h2-10H,11-19H2,1H3,(H,24,27). The highest BCUT2D eigenvalue weighted by Gasteiger charge is 2.18. The van der Waals surface area contributed by atoms with E-state index in [4.69, 9.17) is 9.47 Å². The Morgan fingerprint density at radius 3 is 2.41 bits per heavy atom. The number of hydrogen-bond donors (Lipinski definition) is 1. The van der Waals surface area contributed by atoms with Crippen molar-refractivity contribution in [2.24, 2.45) is 0 Å². The van der Waals surface area contributed by atoms with E-state index < -0.39 is 0 Å². The average Bonchev–Trinajstić information content (AvgIpc) is 2.76. The molecule has 0 saturated carbocycles. The van der Waals surface area contributed by atoms with E-state index in [1.165, 1.54) is 0 Å². The predicted octanol–water partition coefficient (Wildman–Crippen LogP) is 2.05. The highest BCUT2D eigenvalue weighted by atomic mass is 16.5. The third-order valence-corrected chi connectivity index (χ3v) is 5.16. The molecular formula is C23H31N3O3. The summed E-state index contributed by atoms with van der Waals surface area (Å²) in [5.41, 5.74) is 1.11. The van der Waals surface area contributed by atoms with Crippen LogP contribution in [-0.4, -0.2) is 75.2 Å². The number of para-hydroxylation sites is 2. The Labute approximate surface area is 173 Å². The number of nitrogens with zero attached hydrogens (tertiary/aromatic N) is 2. The monoisotopic (exact) mass is 397 g/mol. The fraction of sp³-hybridized carbons (Fsp3) is 0.435. The van der Waals surface area contributed by atoms with Crippen molar-refractivity contribution in [1.82, 2.24) is 15.1 Å². The van der Waals surface area contributed by atoms with Crippen molar-refractivity contribution in [3.8, 4) is 11.5 Å². The Hall–Kier alpha value is -2.57. The maximum atomic E-state index is 12.2. The molecule has 0 spiro atoms. The van der Waals surface area contributed by atoms with E-state index in [9.17, 15) is 4.79 Å². The molecule has 0 aliphatic carbocycles. The van der Waals surface area contributed by atoms with Gasteiger partial charge in [0.2, 0.25) is 5.91 Å². The number of ether oxygens (including phenoxy) is 2. The van der Waals surface area contributed by atoms with Gasteiger partial charge in [-0.1, -0.05) is 36.4 Å². The fourth-order valence-corrected chi connectivity index (χ4v) is 3.49. The molecule has 1 aliphatic heterocycles. The van der Waals surface area contributed by atoms with E-state index in [2.05, 4.69) is 15.1 Å². The van der Waals surface area contributed by atoms with E-state index in [1.807, 2.05) is 54.6 Å². The topological polar surface area (TPSA) is 54.0 Å². The smallest absolute Gasteiger partial charge is 0.234 e. The summed E-state index contributed by atoms with van der Waals surface area (Å²) >= 11 is 0. The molecule has 29 heavy (non-hydrogen) atoms. The van der Waals surface area contributed by atoms with Crippen molar-refractivity contribution in [1.29, 1.82) is 0 Å². The minimum absolute atomic E-state index is 0.0840. The first-order valence-corrected chi connectivity index (χ1v) is 10.3. The van der Waals surface area contributed by atoms with Crippen LogP contribution in [-0.2, 0) is 11.2 Å². The molecule has 3 rings (SSSR count). The van der Waals surface area contributed by atoms with Crippen molar-refractivity contribution < 1.29 is 14.3 Å². The lowest BCUT2D eigenvalue weighted by Gasteiger charge is -2.34. The quantitative estimate of drug-likeness (QED) is 0.665. The van der Waals surface area contributed by atoms with Gasteiger partial charge in [-0.05, 0) is 30.2 Å². The summed E-state index contributed by atoms with van der Waals surface area (Å²) in [5.74, 6) is 1.87. The van der Waals surface area contributed by atoms with Crippen molar-refractivity contribution in [2.45, 2.75) is 6.42 Å². The average molecular weight is 398 g/mol. The van der Waals surface area contributed by atoms with Crippen molar-refractivity contribution >= 4 is 5.91 Å². The number of carbonyl (C=O) groups excluding carboxylic acids is 1. The molecule has 2 aromatic rings. The molecule has 2 aromatic carbocycles. The summed E-state index contributed by atoms with van der Waals surface area (Å²) in [6.07, 6.45) is 0.769. The lowest BCUT2D eigenvalue weighted by molar-refractivity contribution is -0.122. The number of carbonyl (C=O) groups is 1. The van der Waals surface area contributed by atoms with Gasteiger partial charge in [-0.2, -0.15) is 0 Å². The summed E-state index contributed by atoms with van der Waals surface area (Å²) in [6.45, 7) is 6.42. The molecule has 1 amide bonds. The number of piperazine rings is 1. The van der Waals surface area contributed by atoms with Crippen LogP contribution in [0, 0.1) is 0 Å². The van der Waals surface area contributed by atoms with E-state index in [-0.39, 0.29) is 5.91 Å². The largest absolute Gasteiger partial charge is 0.496 e. The van der Waals surface area contributed by atoms with Gasteiger partial charge in [0.25, 0.3) is 0 Å². The molecule has 6 nitrogen and oxygen atoms in total. The van der Waals surface area contributed by atoms with Gasteiger partial charge in [0.05, 0.1) is 13.7 Å². The van der Waals surface area contributed by atoms with E-state index in [1.54, 1.807) is 7.11 Å². The highest BCUT2D eigenvalue weighted by molar-refractivity contribution is 5.78. The van der Waals surface area contributed by atoms with Crippen LogP contribution < -0.4 is 14.8 Å². The lowest BCUT2D eigenvalue weighted by atomic mass is 10.1. The molecule has 1 fully saturated rings. The van der Waals surface area contributed by atoms with Crippen LogP contribution in [0.4, 0.5) is 0 Å². The number of hydrogen-bond acceptors (Lipinski definition) is 5. The zero-order valence-corrected chi connectivity index (χ0v) is 17.2. The first-order valence-electron chi connectivity index (χ1n) is 10.3. The number of rotatable bonds is 10. The second kappa shape index (κ2) is 11.4. The minimum atomic E-state index is 0.0840. The van der Waals surface area contributed by atoms with Gasteiger partial charge in [0.1, 0.15) is 18.1 Å². The molecule has 0 radical (unpaired) electrons. The van der Waals surface area contributed by atoms with Gasteiger partial charge >= 0.3 is 0 Å². The van der Waals surface area contributed by atoms with E-state index in [0.29, 0.717) is 19.7 Å². The SMILES string of the molecule is COc1ccccc1CCNC(=O)CN1CCN(CCOc2ccccc2)CC1. The van der Waals surface area contributed by atoms with Crippen LogP contribution in [0.25, 0.3) is 0 Å². The first kappa shape index (κ1) is 21.1. The van der Waals surface area contributed by atoms with Gasteiger partial charge < -0.3 is 14.8 Å². The fourth-order valence-electron chi connectivity index (χ4n) is 3.49. The number of nitrogens with one attached hydrogen (secondary N) is 1. The third-order valence-electron chi connectivity index (χ3n) is 5.16. The Morgan fingerprint density at radius 2 is 1.66 bits per heavy atom. The summed E-state index contributed by atoms with van der Waals surface area (Å²) in [7, 11) is 1.67. The summed E-state index contributed by atoms with van der Waals surface area (Å²) in [4.78, 5) is 16.9. The minimum Gasteiger partial charge on any atom is -0.496 e. The van der Waals surface area contributed by atoms with Gasteiger partial charge in [-0.25, -0.2) is 0 Å². The van der Waals surface area contributed by atoms with Gasteiger partial charge in [-0.3, -0.25) is 14.6 Å². The maximum Gasteiger partial charge on any atom is 0.234 e. The molecule has 1 saturated heterocycles. The second-order valence-electron chi connectivity index (χ2n) is 7.19. The molecule has 0 aromatic heterocycles.